The van der Waals surface area contributed by atoms with Crippen molar-refractivity contribution in [3.05, 3.63) is 77.6 Å². The normalized spacial score (nSPS) is 10.5. The van der Waals surface area contributed by atoms with Crippen molar-refractivity contribution in [1.29, 1.82) is 0 Å². The van der Waals surface area contributed by atoms with E-state index >= 15 is 0 Å². The summed E-state index contributed by atoms with van der Waals surface area (Å²) in [6, 6.07) is 17.7. The predicted octanol–water partition coefficient (Wildman–Crippen LogP) is 2.85. The number of aromatic nitrogens is 3. The van der Waals surface area contributed by atoms with Crippen LogP contribution in [0.1, 0.15) is 21.6 Å². The minimum absolute atomic E-state index is 0.146. The average Bonchev–Trinajstić information content (AvgIpc) is 3.07. The Labute approximate surface area is 135 Å². The fraction of sp³-hybridized carbons (Fsp3) is 0.167. The van der Waals surface area contributed by atoms with Gasteiger partial charge in [0, 0.05) is 13.6 Å². The van der Waals surface area contributed by atoms with Gasteiger partial charge in [-0.25, -0.2) is 4.68 Å². The van der Waals surface area contributed by atoms with Crippen LogP contribution < -0.4 is 0 Å². The van der Waals surface area contributed by atoms with E-state index in [1.165, 1.54) is 5.56 Å². The lowest BCUT2D eigenvalue weighted by molar-refractivity contribution is 0.0779. The molecule has 0 saturated heterocycles. The van der Waals surface area contributed by atoms with E-state index in [2.05, 4.69) is 10.3 Å². The molecule has 23 heavy (non-hydrogen) atoms. The van der Waals surface area contributed by atoms with Crippen LogP contribution in [-0.4, -0.2) is 32.8 Å². The van der Waals surface area contributed by atoms with Gasteiger partial charge in [-0.3, -0.25) is 4.79 Å². The van der Waals surface area contributed by atoms with Gasteiger partial charge in [0.25, 0.3) is 5.91 Å². The topological polar surface area (TPSA) is 51.0 Å². The third-order valence-electron chi connectivity index (χ3n) is 3.62. The summed E-state index contributed by atoms with van der Waals surface area (Å²) >= 11 is 0. The number of para-hydroxylation sites is 1. The minimum atomic E-state index is -0.146. The maximum atomic E-state index is 12.5. The molecule has 116 valence electrons. The molecule has 0 spiro atoms. The molecule has 0 saturated carbocycles. The number of benzene rings is 2. The second-order valence-electron chi connectivity index (χ2n) is 5.53. The van der Waals surface area contributed by atoms with E-state index in [1.807, 2.05) is 61.5 Å². The van der Waals surface area contributed by atoms with Gasteiger partial charge in [0.05, 0.1) is 11.9 Å². The smallest absolute Gasteiger partial charge is 0.276 e. The van der Waals surface area contributed by atoms with E-state index in [9.17, 15) is 4.79 Å². The summed E-state index contributed by atoms with van der Waals surface area (Å²) in [5, 5.41) is 8.02. The highest BCUT2D eigenvalue weighted by atomic mass is 16.2. The lowest BCUT2D eigenvalue weighted by Gasteiger charge is -2.15. The summed E-state index contributed by atoms with van der Waals surface area (Å²) in [6.07, 6.45) is 1.66. The first-order valence-corrected chi connectivity index (χ1v) is 7.42. The van der Waals surface area contributed by atoms with Gasteiger partial charge in [-0.1, -0.05) is 53.2 Å². The Morgan fingerprint density at radius 2 is 1.78 bits per heavy atom. The van der Waals surface area contributed by atoms with Crippen molar-refractivity contribution in [2.45, 2.75) is 13.5 Å². The average molecular weight is 306 g/mol. The SMILES string of the molecule is Cc1ccc(CN(C)C(=O)c2cn(-c3ccccc3)nn2)cc1. The summed E-state index contributed by atoms with van der Waals surface area (Å²) in [5.74, 6) is -0.146. The highest BCUT2D eigenvalue weighted by Crippen LogP contribution is 2.10. The largest absolute Gasteiger partial charge is 0.336 e. The number of rotatable bonds is 4. The molecule has 0 radical (unpaired) electrons. The second kappa shape index (κ2) is 6.44. The van der Waals surface area contributed by atoms with Crippen molar-refractivity contribution < 1.29 is 4.79 Å². The van der Waals surface area contributed by atoms with Crippen LogP contribution in [0.4, 0.5) is 0 Å². The Bertz CT molecular complexity index is 793. The molecule has 0 bridgehead atoms. The van der Waals surface area contributed by atoms with E-state index in [4.69, 9.17) is 0 Å². The molecule has 3 aromatic rings. The van der Waals surface area contributed by atoms with Crippen LogP contribution in [0, 0.1) is 6.92 Å². The van der Waals surface area contributed by atoms with E-state index in [0.717, 1.165) is 11.3 Å². The summed E-state index contributed by atoms with van der Waals surface area (Å²) in [5.41, 5.74) is 3.50. The lowest BCUT2D eigenvalue weighted by atomic mass is 10.1. The third kappa shape index (κ3) is 3.45. The Hall–Kier alpha value is -2.95. The summed E-state index contributed by atoms with van der Waals surface area (Å²) in [6.45, 7) is 2.58. The first kappa shape index (κ1) is 15.0. The number of nitrogens with zero attached hydrogens (tertiary/aromatic N) is 4. The molecular formula is C18H18N4O. The van der Waals surface area contributed by atoms with Crippen molar-refractivity contribution in [2.75, 3.05) is 7.05 Å². The van der Waals surface area contributed by atoms with Crippen molar-refractivity contribution in [3.8, 4) is 5.69 Å². The molecule has 5 nitrogen and oxygen atoms in total. The molecule has 0 fully saturated rings. The zero-order valence-corrected chi connectivity index (χ0v) is 13.2. The van der Waals surface area contributed by atoms with Crippen molar-refractivity contribution in [3.63, 3.8) is 0 Å². The molecule has 1 heterocycles. The quantitative estimate of drug-likeness (QED) is 0.745. The van der Waals surface area contributed by atoms with Gasteiger partial charge in [-0.05, 0) is 24.6 Å². The lowest BCUT2D eigenvalue weighted by Crippen LogP contribution is -2.26. The molecule has 0 unspecified atom stereocenters. The molecular weight excluding hydrogens is 288 g/mol. The molecule has 3 rings (SSSR count). The molecule has 1 aromatic heterocycles. The van der Waals surface area contributed by atoms with Gasteiger partial charge in [-0.2, -0.15) is 0 Å². The number of hydrogen-bond acceptors (Lipinski definition) is 3. The van der Waals surface area contributed by atoms with Gasteiger partial charge in [0.1, 0.15) is 0 Å². The highest BCUT2D eigenvalue weighted by Gasteiger charge is 2.16. The molecule has 0 aliphatic carbocycles. The zero-order chi connectivity index (χ0) is 16.2. The van der Waals surface area contributed by atoms with Crippen LogP contribution in [0.5, 0.6) is 0 Å². The summed E-state index contributed by atoms with van der Waals surface area (Å²) < 4.78 is 1.60. The van der Waals surface area contributed by atoms with Gasteiger partial charge in [0.2, 0.25) is 0 Å². The Morgan fingerprint density at radius 3 is 2.48 bits per heavy atom. The first-order chi connectivity index (χ1) is 11.1. The number of amides is 1. The number of aryl methyl sites for hydroxylation is 1. The number of carbonyl (C=O) groups is 1. The molecule has 0 atom stereocenters. The Balaban J connectivity index is 1.72. The van der Waals surface area contributed by atoms with Crippen molar-refractivity contribution in [1.82, 2.24) is 19.9 Å². The molecule has 5 heteroatoms. The third-order valence-corrected chi connectivity index (χ3v) is 3.62. The summed E-state index contributed by atoms with van der Waals surface area (Å²) in [7, 11) is 1.77. The Morgan fingerprint density at radius 1 is 1.09 bits per heavy atom. The zero-order valence-electron chi connectivity index (χ0n) is 13.2. The minimum Gasteiger partial charge on any atom is -0.336 e. The molecule has 2 aromatic carbocycles. The van der Waals surface area contributed by atoms with Gasteiger partial charge >= 0.3 is 0 Å². The van der Waals surface area contributed by atoms with Gasteiger partial charge < -0.3 is 4.90 Å². The standard InChI is InChI=1S/C18H18N4O/c1-14-8-10-15(11-9-14)12-21(2)18(23)17-13-22(20-19-17)16-6-4-3-5-7-16/h3-11,13H,12H2,1-2H3. The van der Waals surface area contributed by atoms with Crippen LogP contribution in [0.3, 0.4) is 0 Å². The predicted molar refractivity (Wildman–Crippen MR) is 88.3 cm³/mol. The maximum absolute atomic E-state index is 12.5. The number of carbonyl (C=O) groups excluding carboxylic acids is 1. The molecule has 0 N–H and O–H groups in total. The van der Waals surface area contributed by atoms with E-state index in [0.29, 0.717) is 12.2 Å². The van der Waals surface area contributed by atoms with Crippen LogP contribution in [0.2, 0.25) is 0 Å². The fourth-order valence-corrected chi connectivity index (χ4v) is 2.30. The van der Waals surface area contributed by atoms with Crippen LogP contribution in [0.15, 0.2) is 60.8 Å². The first-order valence-electron chi connectivity index (χ1n) is 7.42. The van der Waals surface area contributed by atoms with E-state index in [1.54, 1.807) is 22.8 Å². The number of hydrogen-bond donors (Lipinski definition) is 0. The van der Waals surface area contributed by atoms with E-state index in [-0.39, 0.29) is 5.91 Å². The van der Waals surface area contributed by atoms with Crippen LogP contribution >= 0.6 is 0 Å². The highest BCUT2D eigenvalue weighted by molar-refractivity contribution is 5.91. The van der Waals surface area contributed by atoms with Crippen molar-refractivity contribution >= 4 is 5.91 Å². The molecule has 0 aliphatic heterocycles. The Kier molecular flexibility index (Phi) is 4.19. The molecule has 0 aliphatic rings. The van der Waals surface area contributed by atoms with Crippen LogP contribution in [-0.2, 0) is 6.54 Å². The fourth-order valence-electron chi connectivity index (χ4n) is 2.30. The van der Waals surface area contributed by atoms with Gasteiger partial charge in [-0.15, -0.1) is 5.10 Å². The van der Waals surface area contributed by atoms with Crippen molar-refractivity contribution in [2.24, 2.45) is 0 Å². The van der Waals surface area contributed by atoms with E-state index < -0.39 is 0 Å². The monoisotopic (exact) mass is 306 g/mol. The summed E-state index contributed by atoms with van der Waals surface area (Å²) in [4.78, 5) is 14.1. The second-order valence-corrected chi connectivity index (χ2v) is 5.53. The molecule has 1 amide bonds. The van der Waals surface area contributed by atoms with Gasteiger partial charge in [0.15, 0.2) is 5.69 Å². The maximum Gasteiger partial charge on any atom is 0.276 e. The van der Waals surface area contributed by atoms with Crippen LogP contribution in [0.25, 0.3) is 5.69 Å².